The van der Waals surface area contributed by atoms with Crippen molar-refractivity contribution in [2.75, 3.05) is 32.7 Å². The lowest BCUT2D eigenvalue weighted by Crippen LogP contribution is -2.47. The lowest BCUT2D eigenvalue weighted by Gasteiger charge is -2.34. The summed E-state index contributed by atoms with van der Waals surface area (Å²) in [7, 11) is 0. The van der Waals surface area contributed by atoms with E-state index < -0.39 is 0 Å². The molecule has 16 heavy (non-hydrogen) atoms. The highest BCUT2D eigenvalue weighted by atomic mass is 16.1. The van der Waals surface area contributed by atoms with Crippen molar-refractivity contribution < 1.29 is 4.79 Å². The smallest absolute Gasteiger partial charge is 0.217 e. The molecule has 2 heterocycles. The number of carbonyl (C=O) groups is 1. The summed E-state index contributed by atoms with van der Waals surface area (Å²) in [6.45, 7) is 7.55. The fourth-order valence-corrected chi connectivity index (χ4v) is 2.51. The molecule has 2 rings (SSSR count). The van der Waals surface area contributed by atoms with Gasteiger partial charge in [-0.25, -0.2) is 0 Å². The lowest BCUT2D eigenvalue weighted by atomic mass is 9.98. The first-order valence-corrected chi connectivity index (χ1v) is 6.44. The van der Waals surface area contributed by atoms with Crippen molar-refractivity contribution in [1.82, 2.24) is 15.5 Å². The molecular formula is C12H23N3O. The first-order chi connectivity index (χ1) is 7.74. The highest BCUT2D eigenvalue weighted by Gasteiger charge is 2.22. The maximum Gasteiger partial charge on any atom is 0.217 e. The van der Waals surface area contributed by atoms with Crippen LogP contribution >= 0.6 is 0 Å². The molecule has 0 bridgehead atoms. The zero-order chi connectivity index (χ0) is 11.4. The largest absolute Gasteiger partial charge is 0.354 e. The molecule has 1 amide bonds. The zero-order valence-corrected chi connectivity index (χ0v) is 10.2. The summed E-state index contributed by atoms with van der Waals surface area (Å²) in [6, 6.07) is 0.416. The average molecular weight is 225 g/mol. The minimum absolute atomic E-state index is 0.110. The summed E-state index contributed by atoms with van der Waals surface area (Å²) in [5, 5.41) is 6.33. The van der Waals surface area contributed by atoms with E-state index in [4.69, 9.17) is 0 Å². The predicted octanol–water partition coefficient (Wildman–Crippen LogP) is 0.196. The third kappa shape index (κ3) is 3.46. The van der Waals surface area contributed by atoms with Gasteiger partial charge in [-0.1, -0.05) is 0 Å². The standard InChI is InChI=1S/C12H23N3O/c1-10(16)14-12-3-6-15(7-4-12)5-2-11-8-13-9-11/h11-13H,2-9H2,1H3,(H,14,16). The van der Waals surface area contributed by atoms with Gasteiger partial charge >= 0.3 is 0 Å². The van der Waals surface area contributed by atoms with E-state index in [1.165, 1.54) is 26.1 Å². The van der Waals surface area contributed by atoms with Crippen molar-refractivity contribution in [3.05, 3.63) is 0 Å². The number of hydrogen-bond donors (Lipinski definition) is 2. The third-order valence-corrected chi connectivity index (χ3v) is 3.71. The molecule has 0 aliphatic carbocycles. The average Bonchev–Trinajstić information content (AvgIpc) is 2.17. The molecule has 0 aromatic carbocycles. The van der Waals surface area contributed by atoms with E-state index >= 15 is 0 Å². The molecular weight excluding hydrogens is 202 g/mol. The quantitative estimate of drug-likeness (QED) is 0.718. The minimum atomic E-state index is 0.110. The van der Waals surface area contributed by atoms with E-state index in [1.807, 2.05) is 0 Å². The van der Waals surface area contributed by atoms with Crippen molar-refractivity contribution in [3.8, 4) is 0 Å². The van der Waals surface area contributed by atoms with Crippen LogP contribution in [0.15, 0.2) is 0 Å². The van der Waals surface area contributed by atoms with Crippen LogP contribution in [0.3, 0.4) is 0 Å². The number of rotatable bonds is 4. The van der Waals surface area contributed by atoms with Gasteiger partial charge in [0, 0.05) is 26.1 Å². The van der Waals surface area contributed by atoms with E-state index in [0.29, 0.717) is 6.04 Å². The molecule has 2 aliphatic heterocycles. The van der Waals surface area contributed by atoms with Crippen LogP contribution in [0.25, 0.3) is 0 Å². The molecule has 0 atom stereocenters. The molecule has 0 saturated carbocycles. The van der Waals surface area contributed by atoms with Crippen molar-refractivity contribution in [2.45, 2.75) is 32.2 Å². The molecule has 2 N–H and O–H groups in total. The van der Waals surface area contributed by atoms with Gasteiger partial charge < -0.3 is 15.5 Å². The Morgan fingerprint density at radius 3 is 2.56 bits per heavy atom. The Morgan fingerprint density at radius 2 is 2.06 bits per heavy atom. The molecule has 0 aromatic heterocycles. The van der Waals surface area contributed by atoms with Crippen molar-refractivity contribution in [3.63, 3.8) is 0 Å². The molecule has 0 radical (unpaired) electrons. The Kier molecular flexibility index (Phi) is 4.18. The summed E-state index contributed by atoms with van der Waals surface area (Å²) in [4.78, 5) is 13.5. The molecule has 0 spiro atoms. The third-order valence-electron chi connectivity index (χ3n) is 3.71. The fraction of sp³-hybridized carbons (Fsp3) is 0.917. The first kappa shape index (κ1) is 11.9. The fourth-order valence-electron chi connectivity index (χ4n) is 2.51. The number of hydrogen-bond acceptors (Lipinski definition) is 3. The van der Waals surface area contributed by atoms with Gasteiger partial charge in [0.25, 0.3) is 0 Å². The Labute approximate surface area is 97.8 Å². The number of likely N-dealkylation sites (tertiary alicyclic amines) is 1. The molecule has 92 valence electrons. The van der Waals surface area contributed by atoms with E-state index in [0.717, 1.165) is 31.8 Å². The number of piperidine rings is 1. The molecule has 4 heteroatoms. The zero-order valence-electron chi connectivity index (χ0n) is 10.2. The number of nitrogens with zero attached hydrogens (tertiary/aromatic N) is 1. The molecule has 2 fully saturated rings. The second kappa shape index (κ2) is 5.64. The molecule has 0 unspecified atom stereocenters. The van der Waals surface area contributed by atoms with Gasteiger partial charge in [0.15, 0.2) is 0 Å². The number of nitrogens with one attached hydrogen (secondary N) is 2. The highest BCUT2D eigenvalue weighted by Crippen LogP contribution is 2.14. The number of amides is 1. The molecule has 4 nitrogen and oxygen atoms in total. The summed E-state index contributed by atoms with van der Waals surface area (Å²) in [6.07, 6.45) is 3.56. The maximum atomic E-state index is 10.9. The molecule has 2 saturated heterocycles. The van der Waals surface area contributed by atoms with Gasteiger partial charge in [0.1, 0.15) is 0 Å². The first-order valence-electron chi connectivity index (χ1n) is 6.44. The van der Waals surface area contributed by atoms with Crippen LogP contribution in [-0.4, -0.2) is 49.6 Å². The Hall–Kier alpha value is -0.610. The van der Waals surface area contributed by atoms with Gasteiger partial charge in [0.05, 0.1) is 0 Å². The predicted molar refractivity (Wildman–Crippen MR) is 64.3 cm³/mol. The van der Waals surface area contributed by atoms with Crippen LogP contribution in [0.4, 0.5) is 0 Å². The monoisotopic (exact) mass is 225 g/mol. The Bertz CT molecular complexity index is 232. The minimum Gasteiger partial charge on any atom is -0.354 e. The second-order valence-corrected chi connectivity index (χ2v) is 5.13. The summed E-state index contributed by atoms with van der Waals surface area (Å²) >= 11 is 0. The van der Waals surface area contributed by atoms with Crippen LogP contribution < -0.4 is 10.6 Å². The summed E-state index contributed by atoms with van der Waals surface area (Å²) in [5.74, 6) is 1.02. The van der Waals surface area contributed by atoms with Gasteiger partial charge in [-0.3, -0.25) is 4.79 Å². The molecule has 0 aromatic rings. The van der Waals surface area contributed by atoms with Crippen molar-refractivity contribution in [1.29, 1.82) is 0 Å². The van der Waals surface area contributed by atoms with Gasteiger partial charge in [0.2, 0.25) is 5.91 Å². The van der Waals surface area contributed by atoms with E-state index in [-0.39, 0.29) is 5.91 Å². The Balaban J connectivity index is 1.59. The normalized spacial score (nSPS) is 24.1. The topological polar surface area (TPSA) is 44.4 Å². The molecule has 2 aliphatic rings. The lowest BCUT2D eigenvalue weighted by molar-refractivity contribution is -0.119. The van der Waals surface area contributed by atoms with Crippen LogP contribution in [0.5, 0.6) is 0 Å². The summed E-state index contributed by atoms with van der Waals surface area (Å²) in [5.41, 5.74) is 0. The summed E-state index contributed by atoms with van der Waals surface area (Å²) < 4.78 is 0. The Morgan fingerprint density at radius 1 is 1.38 bits per heavy atom. The van der Waals surface area contributed by atoms with Crippen LogP contribution in [0.1, 0.15) is 26.2 Å². The van der Waals surface area contributed by atoms with Crippen molar-refractivity contribution >= 4 is 5.91 Å². The SMILES string of the molecule is CC(=O)NC1CCN(CCC2CNC2)CC1. The van der Waals surface area contributed by atoms with E-state index in [9.17, 15) is 4.79 Å². The van der Waals surface area contributed by atoms with E-state index in [2.05, 4.69) is 15.5 Å². The maximum absolute atomic E-state index is 10.9. The van der Waals surface area contributed by atoms with E-state index in [1.54, 1.807) is 6.92 Å². The van der Waals surface area contributed by atoms with Gasteiger partial charge in [-0.2, -0.15) is 0 Å². The van der Waals surface area contributed by atoms with Crippen LogP contribution in [0.2, 0.25) is 0 Å². The number of carbonyl (C=O) groups excluding carboxylic acids is 1. The van der Waals surface area contributed by atoms with Crippen LogP contribution in [-0.2, 0) is 4.79 Å². The van der Waals surface area contributed by atoms with Gasteiger partial charge in [-0.05, 0) is 44.8 Å². The second-order valence-electron chi connectivity index (χ2n) is 5.13. The highest BCUT2D eigenvalue weighted by molar-refractivity contribution is 5.73. The van der Waals surface area contributed by atoms with Crippen molar-refractivity contribution in [2.24, 2.45) is 5.92 Å². The van der Waals surface area contributed by atoms with Gasteiger partial charge in [-0.15, -0.1) is 0 Å². The van der Waals surface area contributed by atoms with Crippen LogP contribution in [0, 0.1) is 5.92 Å².